The lowest BCUT2D eigenvalue weighted by Gasteiger charge is -2.18. The molecular formula is C10H6BrF4O2. The van der Waals surface area contributed by atoms with Crippen molar-refractivity contribution in [1.29, 1.82) is 0 Å². The molecule has 1 rings (SSSR count). The topological polar surface area (TPSA) is 26.3 Å². The summed E-state index contributed by atoms with van der Waals surface area (Å²) in [5.41, 5.74) is -0.401. The first kappa shape index (κ1) is 14.0. The Hall–Kier alpha value is -1.11. The first-order valence-electron chi connectivity index (χ1n) is 4.36. The van der Waals surface area contributed by atoms with Gasteiger partial charge in [-0.15, -0.1) is 0 Å². The van der Waals surface area contributed by atoms with E-state index >= 15 is 0 Å². The van der Waals surface area contributed by atoms with Gasteiger partial charge < -0.3 is 4.74 Å². The van der Waals surface area contributed by atoms with Crippen molar-refractivity contribution in [2.45, 2.75) is 19.2 Å². The van der Waals surface area contributed by atoms with Crippen LogP contribution in [0.5, 0.6) is 5.75 Å². The number of benzene rings is 1. The van der Waals surface area contributed by atoms with Gasteiger partial charge in [-0.2, -0.15) is 13.2 Å². The van der Waals surface area contributed by atoms with Gasteiger partial charge in [0, 0.05) is 0 Å². The summed E-state index contributed by atoms with van der Waals surface area (Å²) in [4.78, 5) is 10.5. The average Bonchev–Trinajstić information content (AvgIpc) is 2.21. The number of carbonyl (C=O) groups excluding carboxylic acids is 1. The minimum Gasteiger partial charge on any atom is -0.480 e. The van der Waals surface area contributed by atoms with E-state index < -0.39 is 23.7 Å². The quantitative estimate of drug-likeness (QED) is 0.800. The highest BCUT2D eigenvalue weighted by atomic mass is 79.9. The van der Waals surface area contributed by atoms with Crippen LogP contribution in [0.1, 0.15) is 12.5 Å². The van der Waals surface area contributed by atoms with E-state index in [0.29, 0.717) is 0 Å². The van der Waals surface area contributed by atoms with E-state index in [2.05, 4.69) is 20.7 Å². The maximum Gasteiger partial charge on any atom is 0.425 e. The van der Waals surface area contributed by atoms with Gasteiger partial charge >= 0.3 is 6.18 Å². The van der Waals surface area contributed by atoms with Crippen molar-refractivity contribution in [3.05, 3.63) is 28.0 Å². The van der Waals surface area contributed by atoms with Gasteiger partial charge in [0.25, 0.3) is 0 Å². The van der Waals surface area contributed by atoms with Gasteiger partial charge in [-0.1, -0.05) is 0 Å². The third-order valence-corrected chi connectivity index (χ3v) is 2.50. The van der Waals surface area contributed by atoms with E-state index in [-0.39, 0.29) is 10.2 Å². The molecule has 0 aromatic heterocycles. The second-order valence-electron chi connectivity index (χ2n) is 3.17. The molecule has 0 aliphatic heterocycles. The molecule has 0 spiro atoms. The Morgan fingerprint density at radius 1 is 1.41 bits per heavy atom. The summed E-state index contributed by atoms with van der Waals surface area (Å²) in [6.07, 6.45) is -5.36. The molecule has 0 aliphatic rings. The Kier molecular flexibility index (Phi) is 4.13. The lowest BCUT2D eigenvalue weighted by Crippen LogP contribution is -2.31. The van der Waals surface area contributed by atoms with Crippen LogP contribution in [-0.2, 0) is 4.79 Å². The molecule has 0 saturated carbocycles. The molecular weight excluding hydrogens is 308 g/mol. The van der Waals surface area contributed by atoms with Crippen LogP contribution in [0.2, 0.25) is 0 Å². The third kappa shape index (κ3) is 3.42. The van der Waals surface area contributed by atoms with Crippen molar-refractivity contribution in [2.24, 2.45) is 0 Å². The molecule has 0 amide bonds. The van der Waals surface area contributed by atoms with Gasteiger partial charge in [0.1, 0.15) is 11.6 Å². The molecule has 1 aromatic carbocycles. The number of hydrogen-bond donors (Lipinski definition) is 0. The zero-order valence-corrected chi connectivity index (χ0v) is 10.0. The average molecular weight is 314 g/mol. The van der Waals surface area contributed by atoms with E-state index in [4.69, 9.17) is 0 Å². The van der Waals surface area contributed by atoms with E-state index in [1.807, 2.05) is 0 Å². The molecule has 93 valence electrons. The molecule has 0 heterocycles. The second kappa shape index (κ2) is 5.03. The maximum absolute atomic E-state index is 13.0. The lowest BCUT2D eigenvalue weighted by molar-refractivity contribution is -0.189. The van der Waals surface area contributed by atoms with E-state index in [1.54, 1.807) is 0 Å². The minimum absolute atomic E-state index is 0.0964. The summed E-state index contributed by atoms with van der Waals surface area (Å²) in [5.74, 6) is -1.16. The van der Waals surface area contributed by atoms with Crippen molar-refractivity contribution in [3.8, 4) is 5.75 Å². The highest BCUT2D eigenvalue weighted by Crippen LogP contribution is 2.30. The SMILES string of the molecule is C[C@H](Oc1cc(Br)c(F)cc1[C]=O)C(F)(F)F. The molecule has 2 nitrogen and oxygen atoms in total. The Labute approximate surface area is 103 Å². The van der Waals surface area contributed by atoms with E-state index in [1.165, 1.54) is 6.29 Å². The zero-order valence-electron chi connectivity index (χ0n) is 8.44. The normalized spacial score (nSPS) is 13.3. The Bertz CT molecular complexity index is 431. The minimum atomic E-state index is -4.57. The molecule has 0 unspecified atom stereocenters. The lowest BCUT2D eigenvalue weighted by atomic mass is 10.2. The van der Waals surface area contributed by atoms with Crippen molar-refractivity contribution >= 4 is 22.2 Å². The monoisotopic (exact) mass is 313 g/mol. The predicted molar refractivity (Wildman–Crippen MR) is 55.0 cm³/mol. The Balaban J connectivity index is 3.06. The van der Waals surface area contributed by atoms with Crippen LogP contribution in [-0.4, -0.2) is 18.6 Å². The van der Waals surface area contributed by atoms with Crippen LogP contribution in [0, 0.1) is 5.82 Å². The fourth-order valence-electron chi connectivity index (χ4n) is 0.963. The van der Waals surface area contributed by atoms with Crippen LogP contribution < -0.4 is 4.74 Å². The second-order valence-corrected chi connectivity index (χ2v) is 4.02. The molecule has 17 heavy (non-hydrogen) atoms. The molecule has 0 fully saturated rings. The summed E-state index contributed by atoms with van der Waals surface area (Å²) < 4.78 is 54.2. The molecule has 0 N–H and O–H groups in total. The van der Waals surface area contributed by atoms with Gasteiger partial charge in [-0.05, 0) is 35.0 Å². The predicted octanol–water partition coefficient (Wildman–Crippen LogP) is 3.38. The number of alkyl halides is 3. The smallest absolute Gasteiger partial charge is 0.425 e. The number of halogens is 5. The summed E-state index contributed by atoms with van der Waals surface area (Å²) in [5, 5.41) is 0. The van der Waals surface area contributed by atoms with Gasteiger partial charge in [0.2, 0.25) is 6.29 Å². The van der Waals surface area contributed by atoms with Gasteiger partial charge in [0.15, 0.2) is 6.10 Å². The highest BCUT2D eigenvalue weighted by Gasteiger charge is 2.38. The summed E-state index contributed by atoms with van der Waals surface area (Å²) in [6, 6.07) is 1.70. The first-order valence-corrected chi connectivity index (χ1v) is 5.15. The maximum atomic E-state index is 13.0. The molecule has 0 aliphatic carbocycles. The van der Waals surface area contributed by atoms with Crippen molar-refractivity contribution in [2.75, 3.05) is 0 Å². The van der Waals surface area contributed by atoms with Crippen LogP contribution in [0.3, 0.4) is 0 Å². The van der Waals surface area contributed by atoms with Crippen LogP contribution in [0.25, 0.3) is 0 Å². The molecule has 1 atom stereocenters. The van der Waals surface area contributed by atoms with Crippen LogP contribution in [0.15, 0.2) is 16.6 Å². The summed E-state index contributed by atoms with van der Waals surface area (Å²) >= 11 is 2.78. The van der Waals surface area contributed by atoms with Crippen LogP contribution >= 0.6 is 15.9 Å². The van der Waals surface area contributed by atoms with E-state index in [0.717, 1.165) is 19.1 Å². The molecule has 0 saturated heterocycles. The molecule has 1 aromatic rings. The highest BCUT2D eigenvalue weighted by molar-refractivity contribution is 9.10. The van der Waals surface area contributed by atoms with Crippen molar-refractivity contribution in [1.82, 2.24) is 0 Å². The standard InChI is InChI=1S/C10H6BrF4O2/c1-5(10(13,14)15)17-9-3-7(11)8(12)2-6(9)4-16/h2-3,5H,1H3/t5-/m0/s1. The Morgan fingerprint density at radius 2 is 2.00 bits per heavy atom. The number of ether oxygens (including phenoxy) is 1. The van der Waals surface area contributed by atoms with Crippen molar-refractivity contribution < 1.29 is 27.1 Å². The molecule has 1 radical (unpaired) electrons. The van der Waals surface area contributed by atoms with Gasteiger partial charge in [0.05, 0.1) is 10.0 Å². The number of rotatable bonds is 3. The molecule has 7 heteroatoms. The Morgan fingerprint density at radius 3 is 2.47 bits per heavy atom. The fourth-order valence-corrected chi connectivity index (χ4v) is 1.29. The molecule has 0 bridgehead atoms. The summed E-state index contributed by atoms with van der Waals surface area (Å²) in [7, 11) is 0. The first-order chi connectivity index (χ1) is 7.75. The van der Waals surface area contributed by atoms with Crippen LogP contribution in [0.4, 0.5) is 17.6 Å². The zero-order chi connectivity index (χ0) is 13.2. The number of hydrogen-bond acceptors (Lipinski definition) is 2. The van der Waals surface area contributed by atoms with E-state index in [9.17, 15) is 22.4 Å². The van der Waals surface area contributed by atoms with Crippen molar-refractivity contribution in [3.63, 3.8) is 0 Å². The largest absolute Gasteiger partial charge is 0.480 e. The summed E-state index contributed by atoms with van der Waals surface area (Å²) in [6.45, 7) is 0.784. The van der Waals surface area contributed by atoms with Gasteiger partial charge in [-0.3, -0.25) is 4.79 Å². The third-order valence-electron chi connectivity index (χ3n) is 1.90. The van der Waals surface area contributed by atoms with Gasteiger partial charge in [-0.25, -0.2) is 4.39 Å². The fraction of sp³-hybridized carbons (Fsp3) is 0.300.